The van der Waals surface area contributed by atoms with E-state index in [9.17, 15) is 4.79 Å². The van der Waals surface area contributed by atoms with E-state index < -0.39 is 5.97 Å². The summed E-state index contributed by atoms with van der Waals surface area (Å²) < 4.78 is 15.2. The number of carbonyl (C=O) groups excluding carboxylic acids is 1. The number of esters is 1. The van der Waals surface area contributed by atoms with Crippen molar-refractivity contribution in [3.8, 4) is 5.75 Å². The minimum Gasteiger partial charge on any atom is -0.493 e. The SMILES string of the molecule is COC(=O)c1cc2c(Cl)c(OC)c(N=C(N)N=C(N)N)cc2o1. The lowest BCUT2D eigenvalue weighted by atomic mass is 10.2. The fourth-order valence-corrected chi connectivity index (χ4v) is 2.19. The van der Waals surface area contributed by atoms with Crippen molar-refractivity contribution in [3.05, 3.63) is 22.9 Å². The highest BCUT2D eigenvalue weighted by molar-refractivity contribution is 6.37. The van der Waals surface area contributed by atoms with E-state index in [0.29, 0.717) is 11.0 Å². The van der Waals surface area contributed by atoms with Crippen molar-refractivity contribution in [2.75, 3.05) is 14.2 Å². The molecular weight excluding hydrogens is 326 g/mol. The van der Waals surface area contributed by atoms with Crippen LogP contribution >= 0.6 is 11.6 Å². The Morgan fingerprint density at radius 2 is 1.96 bits per heavy atom. The third-order valence-electron chi connectivity index (χ3n) is 2.77. The first-order valence-electron chi connectivity index (χ1n) is 6.19. The number of nitrogens with zero attached hydrogens (tertiary/aromatic N) is 2. The molecule has 2 aromatic rings. The summed E-state index contributed by atoms with van der Waals surface area (Å²) in [7, 11) is 2.65. The molecule has 0 aliphatic rings. The van der Waals surface area contributed by atoms with Crippen LogP contribution in [0.5, 0.6) is 5.75 Å². The molecule has 9 nitrogen and oxygen atoms in total. The summed E-state index contributed by atoms with van der Waals surface area (Å²) in [5.74, 6) is -0.863. The quantitative estimate of drug-likeness (QED) is 0.430. The number of furan rings is 1. The van der Waals surface area contributed by atoms with Gasteiger partial charge in [-0.05, 0) is 0 Å². The molecule has 0 aliphatic carbocycles. The number of fused-ring (bicyclic) bond motifs is 1. The lowest BCUT2D eigenvalue weighted by molar-refractivity contribution is 0.0567. The van der Waals surface area contributed by atoms with Crippen LogP contribution in [-0.4, -0.2) is 32.1 Å². The number of nitrogens with two attached hydrogens (primary N) is 3. The minimum absolute atomic E-state index is 0.00946. The Morgan fingerprint density at radius 3 is 2.52 bits per heavy atom. The molecule has 0 unspecified atom stereocenters. The molecule has 122 valence electrons. The van der Waals surface area contributed by atoms with Crippen LogP contribution in [0.3, 0.4) is 0 Å². The first kappa shape index (κ1) is 16.4. The van der Waals surface area contributed by atoms with Crippen molar-refractivity contribution < 1.29 is 18.7 Å². The molecule has 1 aromatic carbocycles. The Hall–Kier alpha value is -2.94. The summed E-state index contributed by atoms with van der Waals surface area (Å²) in [5.41, 5.74) is 16.6. The van der Waals surface area contributed by atoms with E-state index in [1.54, 1.807) is 0 Å². The van der Waals surface area contributed by atoms with Gasteiger partial charge in [-0.25, -0.2) is 9.79 Å². The lowest BCUT2D eigenvalue weighted by Gasteiger charge is -2.07. The molecular formula is C13H14ClN5O4. The predicted molar refractivity (Wildman–Crippen MR) is 86.2 cm³/mol. The Morgan fingerprint density at radius 1 is 1.26 bits per heavy atom. The monoisotopic (exact) mass is 339 g/mol. The van der Waals surface area contributed by atoms with Crippen molar-refractivity contribution in [1.29, 1.82) is 0 Å². The van der Waals surface area contributed by atoms with Gasteiger partial charge in [0.15, 0.2) is 11.7 Å². The Bertz CT molecular complexity index is 823. The van der Waals surface area contributed by atoms with Crippen LogP contribution in [-0.2, 0) is 4.74 Å². The molecule has 1 heterocycles. The molecule has 0 aliphatic heterocycles. The standard InChI is InChI=1S/C13H14ClN5O4/c1-21-10-6(18-13(17)19-12(15)16)4-7-5(9(10)14)3-8(23-7)11(20)22-2/h3-4H,1-2H3,(H6,15,16,17,18,19). The zero-order chi connectivity index (χ0) is 17.1. The fraction of sp³-hybridized carbons (Fsp3) is 0.154. The maximum Gasteiger partial charge on any atom is 0.373 e. The smallest absolute Gasteiger partial charge is 0.373 e. The number of carbonyl (C=O) groups is 1. The van der Waals surface area contributed by atoms with Gasteiger partial charge < -0.3 is 31.1 Å². The zero-order valence-electron chi connectivity index (χ0n) is 12.3. The summed E-state index contributed by atoms with van der Waals surface area (Å²) in [5, 5.41) is 0.656. The van der Waals surface area contributed by atoms with Crippen LogP contribution in [0.2, 0.25) is 5.02 Å². The van der Waals surface area contributed by atoms with Crippen LogP contribution in [0.15, 0.2) is 26.5 Å². The number of rotatable bonds is 3. The molecule has 0 fully saturated rings. The minimum atomic E-state index is -0.638. The normalized spacial score (nSPS) is 11.3. The molecule has 0 saturated carbocycles. The summed E-state index contributed by atoms with van der Waals surface area (Å²) >= 11 is 6.26. The van der Waals surface area contributed by atoms with Gasteiger partial charge in [-0.2, -0.15) is 4.99 Å². The van der Waals surface area contributed by atoms with Crippen LogP contribution < -0.4 is 21.9 Å². The van der Waals surface area contributed by atoms with Gasteiger partial charge >= 0.3 is 5.97 Å². The Labute approximate surface area is 135 Å². The lowest BCUT2D eigenvalue weighted by Crippen LogP contribution is -2.26. The summed E-state index contributed by atoms with van der Waals surface area (Å²) in [6.45, 7) is 0. The highest BCUT2D eigenvalue weighted by atomic mass is 35.5. The number of aliphatic imine (C=N–C) groups is 2. The number of hydrogen-bond acceptors (Lipinski definition) is 5. The second kappa shape index (κ2) is 6.44. The second-order valence-corrected chi connectivity index (χ2v) is 4.64. The van der Waals surface area contributed by atoms with Gasteiger partial charge in [-0.3, -0.25) is 0 Å². The second-order valence-electron chi connectivity index (χ2n) is 4.26. The predicted octanol–water partition coefficient (Wildman–Crippen LogP) is 1.10. The van der Waals surface area contributed by atoms with Gasteiger partial charge in [0.05, 0.1) is 19.2 Å². The van der Waals surface area contributed by atoms with Crippen LogP contribution in [0.4, 0.5) is 5.69 Å². The number of halogens is 1. The van der Waals surface area contributed by atoms with Crippen molar-refractivity contribution in [1.82, 2.24) is 0 Å². The molecule has 0 bridgehead atoms. The van der Waals surface area contributed by atoms with Crippen LogP contribution in [0.1, 0.15) is 10.6 Å². The maximum atomic E-state index is 11.5. The maximum absolute atomic E-state index is 11.5. The van der Waals surface area contributed by atoms with Crippen molar-refractivity contribution >= 4 is 46.1 Å². The average molecular weight is 340 g/mol. The molecule has 0 radical (unpaired) electrons. The molecule has 10 heteroatoms. The van der Waals surface area contributed by atoms with Crippen LogP contribution in [0.25, 0.3) is 11.0 Å². The first-order valence-corrected chi connectivity index (χ1v) is 6.57. The van der Waals surface area contributed by atoms with Gasteiger partial charge in [0, 0.05) is 17.5 Å². The molecule has 1 aromatic heterocycles. The molecule has 2 rings (SSSR count). The van der Waals surface area contributed by atoms with E-state index in [-0.39, 0.29) is 34.1 Å². The molecule has 23 heavy (non-hydrogen) atoms. The molecule has 0 amide bonds. The highest BCUT2D eigenvalue weighted by Gasteiger charge is 2.19. The van der Waals surface area contributed by atoms with Gasteiger partial charge in [0.25, 0.3) is 0 Å². The first-order chi connectivity index (χ1) is 10.9. The number of benzene rings is 1. The third kappa shape index (κ3) is 3.29. The van der Waals surface area contributed by atoms with E-state index in [0.717, 1.165) is 0 Å². The zero-order valence-corrected chi connectivity index (χ0v) is 13.0. The Balaban J connectivity index is 2.66. The summed E-state index contributed by atoms with van der Waals surface area (Å²) in [6.07, 6.45) is 0. The van der Waals surface area contributed by atoms with Gasteiger partial charge in [0.2, 0.25) is 11.7 Å². The number of methoxy groups -OCH3 is 2. The van der Waals surface area contributed by atoms with E-state index >= 15 is 0 Å². The van der Waals surface area contributed by atoms with E-state index in [2.05, 4.69) is 14.7 Å². The molecule has 6 N–H and O–H groups in total. The Kier molecular flexibility index (Phi) is 4.60. The number of ether oxygens (including phenoxy) is 2. The van der Waals surface area contributed by atoms with Crippen molar-refractivity contribution in [3.63, 3.8) is 0 Å². The number of hydrogen-bond donors (Lipinski definition) is 3. The van der Waals surface area contributed by atoms with Crippen molar-refractivity contribution in [2.45, 2.75) is 0 Å². The average Bonchev–Trinajstić information content (AvgIpc) is 2.90. The third-order valence-corrected chi connectivity index (χ3v) is 3.14. The number of guanidine groups is 2. The van der Waals surface area contributed by atoms with Gasteiger partial charge in [-0.1, -0.05) is 11.6 Å². The van der Waals surface area contributed by atoms with E-state index in [4.69, 9.17) is 38.0 Å². The molecule has 0 atom stereocenters. The molecule has 0 spiro atoms. The summed E-state index contributed by atoms with van der Waals surface area (Å²) in [4.78, 5) is 19.2. The van der Waals surface area contributed by atoms with E-state index in [1.807, 2.05) is 0 Å². The van der Waals surface area contributed by atoms with Gasteiger partial charge in [-0.15, -0.1) is 0 Å². The summed E-state index contributed by atoms with van der Waals surface area (Å²) in [6, 6.07) is 2.93. The highest BCUT2D eigenvalue weighted by Crippen LogP contribution is 2.42. The largest absolute Gasteiger partial charge is 0.493 e. The molecule has 0 saturated heterocycles. The fourth-order valence-electron chi connectivity index (χ4n) is 1.87. The van der Waals surface area contributed by atoms with Crippen LogP contribution in [0, 0.1) is 0 Å². The van der Waals surface area contributed by atoms with Gasteiger partial charge in [0.1, 0.15) is 11.3 Å². The van der Waals surface area contributed by atoms with E-state index in [1.165, 1.54) is 26.4 Å². The topological polar surface area (TPSA) is 151 Å². The van der Waals surface area contributed by atoms with Crippen molar-refractivity contribution in [2.24, 2.45) is 27.2 Å².